The van der Waals surface area contributed by atoms with E-state index in [1.165, 1.54) is 17.7 Å². The second kappa shape index (κ2) is 10.4. The van der Waals surface area contributed by atoms with E-state index >= 15 is 0 Å². The largest absolute Gasteiger partial charge is 0.385 e. The van der Waals surface area contributed by atoms with Gasteiger partial charge >= 0.3 is 0 Å². The second-order valence-electron chi connectivity index (χ2n) is 3.44. The maximum Gasteiger partial charge on any atom is 0.0931 e. The maximum atomic E-state index is 5.83. The minimum atomic E-state index is 0. The van der Waals surface area contributed by atoms with Crippen LogP contribution in [-0.4, -0.2) is 20.3 Å². The molecule has 2 nitrogen and oxygen atoms in total. The van der Waals surface area contributed by atoms with Crippen LogP contribution >= 0.6 is 35.3 Å². The van der Waals surface area contributed by atoms with Gasteiger partial charge in [0.2, 0.25) is 0 Å². The van der Waals surface area contributed by atoms with Crippen LogP contribution in [0.3, 0.4) is 0 Å². The summed E-state index contributed by atoms with van der Waals surface area (Å²) >= 11 is 7.48. The molecule has 0 fully saturated rings. The zero-order valence-electron chi connectivity index (χ0n) is 9.50. The molecule has 0 spiro atoms. The molecular formula is C11H19Cl2NOS. The summed E-state index contributed by atoms with van der Waals surface area (Å²) in [6.45, 7) is 2.88. The summed E-state index contributed by atoms with van der Waals surface area (Å²) in [6, 6.07) is 4.02. The zero-order valence-corrected chi connectivity index (χ0v) is 11.9. The summed E-state index contributed by atoms with van der Waals surface area (Å²) in [5.74, 6) is 0. The fourth-order valence-electron chi connectivity index (χ4n) is 1.33. The van der Waals surface area contributed by atoms with Crippen molar-refractivity contribution >= 4 is 35.3 Å². The van der Waals surface area contributed by atoms with E-state index < -0.39 is 0 Å². The van der Waals surface area contributed by atoms with Crippen molar-refractivity contribution in [1.29, 1.82) is 0 Å². The molecule has 0 amide bonds. The number of methoxy groups -OCH3 is 1. The van der Waals surface area contributed by atoms with E-state index in [1.807, 2.05) is 6.07 Å². The van der Waals surface area contributed by atoms with Gasteiger partial charge in [-0.3, -0.25) is 0 Å². The highest BCUT2D eigenvalue weighted by molar-refractivity contribution is 7.16. The highest BCUT2D eigenvalue weighted by Crippen LogP contribution is 2.20. The first-order chi connectivity index (χ1) is 7.33. The molecule has 0 radical (unpaired) electrons. The molecule has 0 atom stereocenters. The molecule has 16 heavy (non-hydrogen) atoms. The Hall–Kier alpha value is 0.200. The van der Waals surface area contributed by atoms with Crippen LogP contribution < -0.4 is 5.32 Å². The molecule has 1 N–H and O–H groups in total. The van der Waals surface area contributed by atoms with Gasteiger partial charge in [-0.15, -0.1) is 23.7 Å². The Bertz CT molecular complexity index is 268. The number of nitrogens with one attached hydrogen (secondary N) is 1. The van der Waals surface area contributed by atoms with Crippen molar-refractivity contribution in [3.05, 3.63) is 21.3 Å². The number of hydrogen-bond donors (Lipinski definition) is 1. The topological polar surface area (TPSA) is 21.3 Å². The van der Waals surface area contributed by atoms with Crippen molar-refractivity contribution in [3.8, 4) is 0 Å². The van der Waals surface area contributed by atoms with E-state index in [2.05, 4.69) is 11.4 Å². The zero-order chi connectivity index (χ0) is 10.9. The average molecular weight is 284 g/mol. The van der Waals surface area contributed by atoms with Crippen molar-refractivity contribution in [2.24, 2.45) is 0 Å². The monoisotopic (exact) mass is 283 g/mol. The summed E-state index contributed by atoms with van der Waals surface area (Å²) in [7, 11) is 1.75. The maximum absolute atomic E-state index is 5.83. The Morgan fingerprint density at radius 2 is 2.12 bits per heavy atom. The quantitative estimate of drug-likeness (QED) is 0.734. The standard InChI is InChI=1S/C11H18ClNOS.ClH/c1-14-8-4-2-3-7-13-9-10-5-6-11(12)15-10;/h5-6,13H,2-4,7-9H2,1H3;1H. The second-order valence-corrected chi connectivity index (χ2v) is 5.24. The minimum absolute atomic E-state index is 0. The summed E-state index contributed by atoms with van der Waals surface area (Å²) in [6.07, 6.45) is 3.59. The number of ether oxygens (including phenoxy) is 1. The molecule has 0 aliphatic heterocycles. The normalized spacial score (nSPS) is 10.1. The first-order valence-electron chi connectivity index (χ1n) is 5.27. The van der Waals surface area contributed by atoms with Gasteiger partial charge < -0.3 is 10.1 Å². The molecule has 0 unspecified atom stereocenters. The lowest BCUT2D eigenvalue weighted by atomic mass is 10.2. The fraction of sp³-hybridized carbons (Fsp3) is 0.636. The van der Waals surface area contributed by atoms with Crippen LogP contribution in [0, 0.1) is 0 Å². The molecule has 0 saturated heterocycles. The lowest BCUT2D eigenvalue weighted by Crippen LogP contribution is -2.13. The number of unbranched alkanes of at least 4 members (excludes halogenated alkanes) is 2. The Balaban J connectivity index is 0.00000225. The lowest BCUT2D eigenvalue weighted by molar-refractivity contribution is 0.192. The molecule has 94 valence electrons. The van der Waals surface area contributed by atoms with Crippen LogP contribution in [0.1, 0.15) is 24.1 Å². The molecule has 1 heterocycles. The number of halogens is 2. The van der Waals surface area contributed by atoms with Crippen molar-refractivity contribution in [3.63, 3.8) is 0 Å². The van der Waals surface area contributed by atoms with Gasteiger partial charge in [-0.05, 0) is 37.9 Å². The van der Waals surface area contributed by atoms with Gasteiger partial charge in [-0.25, -0.2) is 0 Å². The smallest absolute Gasteiger partial charge is 0.0931 e. The Kier molecular flexibility index (Phi) is 10.5. The third kappa shape index (κ3) is 7.47. The molecule has 0 aliphatic carbocycles. The van der Waals surface area contributed by atoms with Crippen LogP contribution in [0.2, 0.25) is 4.34 Å². The molecule has 0 saturated carbocycles. The summed E-state index contributed by atoms with van der Waals surface area (Å²) in [5, 5.41) is 3.40. The highest BCUT2D eigenvalue weighted by Gasteiger charge is 1.96. The summed E-state index contributed by atoms with van der Waals surface area (Å²) in [5.41, 5.74) is 0. The summed E-state index contributed by atoms with van der Waals surface area (Å²) < 4.78 is 5.85. The van der Waals surface area contributed by atoms with Crippen LogP contribution in [0.5, 0.6) is 0 Å². The molecule has 1 aromatic rings. The van der Waals surface area contributed by atoms with Crippen LogP contribution in [0.25, 0.3) is 0 Å². The van der Waals surface area contributed by atoms with Gasteiger partial charge in [0.1, 0.15) is 0 Å². The Morgan fingerprint density at radius 3 is 2.75 bits per heavy atom. The third-order valence-corrected chi connectivity index (χ3v) is 3.36. The van der Waals surface area contributed by atoms with E-state index in [9.17, 15) is 0 Å². The molecule has 0 aromatic carbocycles. The Morgan fingerprint density at radius 1 is 1.31 bits per heavy atom. The molecule has 1 aromatic heterocycles. The van der Waals surface area contributed by atoms with Crippen LogP contribution in [-0.2, 0) is 11.3 Å². The summed E-state index contributed by atoms with van der Waals surface area (Å²) in [4.78, 5) is 1.30. The number of rotatable bonds is 8. The number of thiophene rings is 1. The van der Waals surface area contributed by atoms with Crippen molar-refractivity contribution in [1.82, 2.24) is 5.32 Å². The van der Waals surface area contributed by atoms with Gasteiger partial charge in [-0.1, -0.05) is 11.6 Å². The van der Waals surface area contributed by atoms with Gasteiger partial charge in [0.15, 0.2) is 0 Å². The predicted molar refractivity (Wildman–Crippen MR) is 74.0 cm³/mol. The van der Waals surface area contributed by atoms with Crippen LogP contribution in [0.15, 0.2) is 12.1 Å². The average Bonchev–Trinajstić information content (AvgIpc) is 2.63. The van der Waals surface area contributed by atoms with Crippen molar-refractivity contribution < 1.29 is 4.74 Å². The van der Waals surface area contributed by atoms with Gasteiger partial charge in [0.05, 0.1) is 4.34 Å². The molecule has 0 aliphatic rings. The third-order valence-electron chi connectivity index (χ3n) is 2.13. The van der Waals surface area contributed by atoms with E-state index in [4.69, 9.17) is 16.3 Å². The minimum Gasteiger partial charge on any atom is -0.385 e. The van der Waals surface area contributed by atoms with Crippen molar-refractivity contribution in [2.45, 2.75) is 25.8 Å². The molecular weight excluding hydrogens is 265 g/mol. The fourth-order valence-corrected chi connectivity index (χ4v) is 2.39. The predicted octanol–water partition coefficient (Wildman–Crippen LogP) is 3.73. The molecule has 0 bridgehead atoms. The van der Waals surface area contributed by atoms with Crippen LogP contribution in [0.4, 0.5) is 0 Å². The Labute approximate surface area is 113 Å². The van der Waals surface area contributed by atoms with Gasteiger partial charge in [0.25, 0.3) is 0 Å². The van der Waals surface area contributed by atoms with Crippen molar-refractivity contribution in [2.75, 3.05) is 20.3 Å². The van der Waals surface area contributed by atoms with E-state index in [0.717, 1.165) is 30.5 Å². The molecule has 1 rings (SSSR count). The van der Waals surface area contributed by atoms with E-state index in [-0.39, 0.29) is 12.4 Å². The number of hydrogen-bond acceptors (Lipinski definition) is 3. The van der Waals surface area contributed by atoms with Gasteiger partial charge in [0, 0.05) is 25.1 Å². The van der Waals surface area contributed by atoms with Gasteiger partial charge in [-0.2, -0.15) is 0 Å². The highest BCUT2D eigenvalue weighted by atomic mass is 35.5. The van der Waals surface area contributed by atoms with E-state index in [1.54, 1.807) is 18.4 Å². The first kappa shape index (κ1) is 16.2. The first-order valence-corrected chi connectivity index (χ1v) is 6.46. The molecule has 5 heteroatoms. The SMILES string of the molecule is COCCCCCNCc1ccc(Cl)s1.Cl. The van der Waals surface area contributed by atoms with E-state index in [0.29, 0.717) is 0 Å². The lowest BCUT2D eigenvalue weighted by Gasteiger charge is -2.02.